The minimum absolute atomic E-state index is 0. The second-order valence-corrected chi connectivity index (χ2v) is 35.2. The van der Waals surface area contributed by atoms with Crippen molar-refractivity contribution in [3.8, 4) is 0 Å². The van der Waals surface area contributed by atoms with E-state index in [1.807, 2.05) is 212 Å². The van der Waals surface area contributed by atoms with E-state index >= 15 is 0 Å². The number of carbonyl (C=O) groups is 5. The summed E-state index contributed by atoms with van der Waals surface area (Å²) in [7, 11) is 0.449. The third-order valence-corrected chi connectivity index (χ3v) is 27.4. The molecule has 17 aromatic rings. The van der Waals surface area contributed by atoms with Gasteiger partial charge in [-0.25, -0.2) is 19.2 Å². The van der Waals surface area contributed by atoms with E-state index in [1.54, 1.807) is 66.7 Å². The zero-order valence-electron chi connectivity index (χ0n) is 74.6. The Bertz CT molecular complexity index is 6120. The molecule has 0 saturated heterocycles. The molecule has 672 valence electrons. The Balaban J connectivity index is 0.000000192. The largest absolute Gasteiger partial charge is 1.00 e. The van der Waals surface area contributed by atoms with Crippen LogP contribution >= 0.6 is 31.1 Å². The van der Waals surface area contributed by atoms with Gasteiger partial charge in [0, 0.05) is 10.9 Å². The van der Waals surface area contributed by atoms with Gasteiger partial charge in [0.25, 0.3) is 0 Å². The molecular weight excluding hydrogens is 1840 g/mol. The molecule has 17 aromatic carbocycles. The van der Waals surface area contributed by atoms with Crippen molar-refractivity contribution < 1.29 is 70.2 Å². The molecule has 0 aliphatic rings. The van der Waals surface area contributed by atoms with Crippen molar-refractivity contribution in [2.75, 3.05) is 14.2 Å². The first-order chi connectivity index (χ1) is 65.8. The molecule has 2 N–H and O–H groups in total. The van der Waals surface area contributed by atoms with Gasteiger partial charge in [0.1, 0.15) is 23.2 Å². The average molecular weight is 1940 g/mol. The van der Waals surface area contributed by atoms with E-state index in [0.29, 0.717) is 45.2 Å². The summed E-state index contributed by atoms with van der Waals surface area (Å²) in [6.45, 7) is 0. The average Bonchev–Trinajstić information content (AvgIpc) is 0.750. The van der Waals surface area contributed by atoms with Crippen LogP contribution in [-0.2, 0) is 30.6 Å². The van der Waals surface area contributed by atoms with E-state index in [4.69, 9.17) is 24.5 Å². The van der Waals surface area contributed by atoms with E-state index in [-0.39, 0.29) is 29.1 Å². The number of methoxy groups -OCH3 is 2. The molecule has 0 heterocycles. The Morgan fingerprint density at radius 2 is 0.481 bits per heavy atom. The maximum Gasteiger partial charge on any atom is 0.373 e. The third-order valence-electron chi connectivity index (χ3n) is 20.0. The molecule has 11 nitrogen and oxygen atoms in total. The van der Waals surface area contributed by atoms with Crippen molar-refractivity contribution in [1.29, 1.82) is 0 Å². The van der Waals surface area contributed by atoms with Gasteiger partial charge in [-0.05, 0) is 140 Å². The van der Waals surface area contributed by atoms with Crippen LogP contribution in [0.1, 0.15) is 107 Å². The maximum absolute atomic E-state index is 11.6. The number of alkyl halides is 1. The topological polar surface area (TPSA) is 178 Å². The number of aromatic carboxylic acids is 2. The van der Waals surface area contributed by atoms with Gasteiger partial charge in [0.05, 0.1) is 42.6 Å². The van der Waals surface area contributed by atoms with E-state index in [9.17, 15) is 24.0 Å². The van der Waals surface area contributed by atoms with Crippen molar-refractivity contribution in [2.45, 2.75) is 11.5 Å². The Labute approximate surface area is 812 Å². The van der Waals surface area contributed by atoms with Gasteiger partial charge in [-0.2, -0.15) is 9.59 Å². The monoisotopic (exact) mass is 1940 g/mol. The van der Waals surface area contributed by atoms with Gasteiger partial charge >= 0.3 is 30.0 Å². The number of hydrogen-bond donors (Lipinski definition) is 2. The highest BCUT2D eigenvalue weighted by Gasteiger charge is 2.45. The fourth-order valence-corrected chi connectivity index (χ4v) is 20.4. The number of ether oxygens (including phenoxy) is 2. The molecule has 0 atom stereocenters. The summed E-state index contributed by atoms with van der Waals surface area (Å²) in [5, 5.41) is 27.5. The summed E-state index contributed by atoms with van der Waals surface area (Å²) in [4.78, 5) is 71.3. The number of esters is 2. The highest BCUT2D eigenvalue weighted by molar-refractivity contribution is 9.08. The van der Waals surface area contributed by atoms with Crippen LogP contribution in [0.25, 0.3) is 48.6 Å². The van der Waals surface area contributed by atoms with Crippen molar-refractivity contribution in [1.82, 2.24) is 0 Å². The molecule has 0 aliphatic carbocycles. The summed E-state index contributed by atoms with van der Waals surface area (Å²) in [5.41, 5.74) is 12.5. The number of benzene rings is 17. The Hall–Kier alpha value is -15.6. The summed E-state index contributed by atoms with van der Waals surface area (Å²) in [5.74, 6) is -2.61. The zero-order chi connectivity index (χ0) is 94.7. The highest BCUT2D eigenvalue weighted by atomic mass is 79.9. The Kier molecular flexibility index (Phi) is 47.5. The summed E-state index contributed by atoms with van der Waals surface area (Å²) >= 11 is 3.36. The predicted molar refractivity (Wildman–Crippen MR) is 560 cm³/mol. The molecule has 17 rings (SSSR count). The summed E-state index contributed by atoms with van der Waals surface area (Å²) in [6.07, 6.45) is 17.5. The van der Waals surface area contributed by atoms with E-state index in [1.165, 1.54) is 68.3 Å². The van der Waals surface area contributed by atoms with E-state index in [2.05, 4.69) is 282 Å². The lowest BCUT2D eigenvalue weighted by atomic mass is 10.1. The van der Waals surface area contributed by atoms with Gasteiger partial charge in [0.2, 0.25) is 0 Å². The minimum Gasteiger partial charge on any atom is -1.00 e. The molecule has 135 heavy (non-hydrogen) atoms. The molecule has 0 aromatic heterocycles. The lowest BCUT2D eigenvalue weighted by Crippen LogP contribution is -3.00. The van der Waals surface area contributed by atoms with Crippen LogP contribution in [0.5, 0.6) is 0 Å². The van der Waals surface area contributed by atoms with Crippen molar-refractivity contribution in [2.24, 2.45) is 0 Å². The molecule has 0 unspecified atom stereocenters. The first-order valence-electron chi connectivity index (χ1n) is 42.8. The summed E-state index contributed by atoms with van der Waals surface area (Å²) < 4.78 is 9.24. The number of carboxylic acid groups (broad SMARTS) is 2. The van der Waals surface area contributed by atoms with Crippen molar-refractivity contribution >= 4 is 148 Å². The number of carboxylic acids is 2. The minimum atomic E-state index is -1.78. The van der Waals surface area contributed by atoms with E-state index in [0.717, 1.165) is 33.7 Å². The predicted octanol–water partition coefficient (Wildman–Crippen LogP) is 23.5. The lowest BCUT2D eigenvalue weighted by Gasteiger charge is -2.27. The Morgan fingerprint density at radius 1 is 0.281 bits per heavy atom. The van der Waals surface area contributed by atoms with Crippen LogP contribution in [0.3, 0.4) is 0 Å². The van der Waals surface area contributed by atoms with Crippen LogP contribution in [0, 0.1) is 0 Å². The van der Waals surface area contributed by atoms with E-state index < -0.39 is 33.1 Å². The SMILES string of the molecule is BrCc1ccccc1.C(=C/c1ccccc1)/c1ccccc1.COC(=O)c1ccccc1/C=C/c1ccccc1.COC(=O)c1ccccc1C=O.O=C(O)c1ccccc1/C=C/c1ccccc1.O=C(O)c1ccccc1/C=C/c1ccccc1.O=C=O.[Br-].c1ccc(C[P+](c2ccccc2)(c2ccccc2)c2ccccc2)cc1.c1ccc(P(c2ccccc2)c2ccccc2)cc1. The lowest BCUT2D eigenvalue weighted by molar-refractivity contribution is -0.191. The van der Waals surface area contributed by atoms with Crippen LogP contribution in [-0.4, -0.2) is 60.7 Å². The summed E-state index contributed by atoms with van der Waals surface area (Å²) in [6, 6.07) is 165. The standard InChI is InChI=1S/C25H22P.C18H15P.C16H14O2.2C15H12O2.C14H12.C9H8O3.C7H7Br.CO2.BrH/c1-5-13-22(14-6-1)21-26(23-15-7-2-8-16-23,24-17-9-3-10-18-24)25-19-11-4-12-20-25;1-4-10-16(11-5-1)19(17-12-6-2-7-13-17)18-14-8-3-9-15-18;1-18-16(17)15-10-6-5-9-14(15)12-11-13-7-3-2-4-8-13;2*16-15(17)14-9-5-4-8-13(14)11-10-12-6-2-1-3-7-12;1-3-7-13(8-4-1)11-12-14-9-5-2-6-10-14;1-12-9(11)8-5-3-2-4-7(8)6-10;8-6-7-4-2-1-3-5-7;2-1-3;/h1-20H,21H2;1-15H;2-12H,1H3;2*1-11H,(H,16,17);1-12H;2-6H,1H3;1-5H,6H2;;1H/q+1;;;;;;;;;/p-1/b;;12-11+;2*11-10+;12-11-;;;;. The number of carbonyl (C=O) groups excluding carboxylic acids is 5. The van der Waals surface area contributed by atoms with Crippen LogP contribution in [0.2, 0.25) is 0 Å². The van der Waals surface area contributed by atoms with Gasteiger partial charge in [-0.15, -0.1) is 0 Å². The number of halogens is 2. The maximum atomic E-state index is 11.6. The molecule has 0 amide bonds. The fraction of sp³-hybridized carbons (Fsp3) is 0.0333. The molecule has 0 bridgehead atoms. The first-order valence-corrected chi connectivity index (χ1v) is 47.3. The fourth-order valence-electron chi connectivity index (χ4n) is 13.5. The van der Waals surface area contributed by atoms with Crippen molar-refractivity contribution in [3.63, 3.8) is 0 Å². The quantitative estimate of drug-likeness (QED) is 0.0217. The van der Waals surface area contributed by atoms with Gasteiger partial charge < -0.3 is 36.7 Å². The number of aldehydes is 1. The molecule has 0 radical (unpaired) electrons. The van der Waals surface area contributed by atoms with Gasteiger partial charge in [-0.3, -0.25) is 4.79 Å². The van der Waals surface area contributed by atoms with Gasteiger partial charge in [-0.1, -0.05) is 495 Å². The zero-order valence-corrected chi connectivity index (χ0v) is 79.6. The highest BCUT2D eigenvalue weighted by Crippen LogP contribution is 2.58. The smallest absolute Gasteiger partial charge is 0.373 e. The molecule has 0 fully saturated rings. The molecule has 15 heteroatoms. The Morgan fingerprint density at radius 3 is 0.726 bits per heavy atom. The second-order valence-electron chi connectivity index (χ2n) is 29.0. The van der Waals surface area contributed by atoms with Crippen molar-refractivity contribution in [3.05, 3.63) is 575 Å². The molecule has 0 saturated carbocycles. The molecular formula is C120H102Br2O11P2. The van der Waals surface area contributed by atoms with Gasteiger partial charge in [0.15, 0.2) is 6.29 Å². The number of rotatable bonds is 22. The van der Waals surface area contributed by atoms with Crippen LogP contribution in [0.4, 0.5) is 0 Å². The second kappa shape index (κ2) is 61.2. The van der Waals surface area contributed by atoms with Crippen LogP contribution in [0.15, 0.2) is 491 Å². The first kappa shape index (κ1) is 105. The molecule has 0 aliphatic heterocycles. The third kappa shape index (κ3) is 35.9. The molecule has 0 spiro atoms. The normalized spacial score (nSPS) is 10.2. The van der Waals surface area contributed by atoms with Crippen LogP contribution < -0.4 is 48.8 Å². The number of hydrogen-bond acceptors (Lipinski definition) is 9.